The van der Waals surface area contributed by atoms with E-state index in [1.165, 1.54) is 17.4 Å². The second-order valence-corrected chi connectivity index (χ2v) is 6.70. The molecule has 0 aliphatic carbocycles. The van der Waals surface area contributed by atoms with Gasteiger partial charge < -0.3 is 15.1 Å². The molecule has 1 aliphatic heterocycles. The first-order valence-corrected chi connectivity index (χ1v) is 8.45. The van der Waals surface area contributed by atoms with Crippen molar-refractivity contribution in [1.29, 1.82) is 0 Å². The van der Waals surface area contributed by atoms with Crippen molar-refractivity contribution in [2.75, 3.05) is 6.54 Å². The van der Waals surface area contributed by atoms with Gasteiger partial charge in [-0.1, -0.05) is 6.07 Å². The highest BCUT2D eigenvalue weighted by molar-refractivity contribution is 7.10. The van der Waals surface area contributed by atoms with E-state index in [1.54, 1.807) is 4.90 Å². The zero-order chi connectivity index (χ0) is 16.4. The third-order valence-electron chi connectivity index (χ3n) is 4.19. The molecule has 1 aromatic carbocycles. The number of amides is 1. The summed E-state index contributed by atoms with van der Waals surface area (Å²) in [6, 6.07) is 7.01. The topological polar surface area (TPSA) is 60.8 Å². The highest BCUT2D eigenvalue weighted by atomic mass is 32.1. The average molecular weight is 335 g/mol. The molecular weight excluding hydrogens is 317 g/mol. The summed E-state index contributed by atoms with van der Waals surface area (Å²) < 4.78 is 13.4. The van der Waals surface area contributed by atoms with E-state index in [1.807, 2.05) is 17.5 Å². The van der Waals surface area contributed by atoms with Gasteiger partial charge >= 0.3 is 0 Å². The van der Waals surface area contributed by atoms with Crippen LogP contribution in [0.2, 0.25) is 0 Å². The lowest BCUT2D eigenvalue weighted by molar-refractivity contribution is 0.0667. The summed E-state index contributed by atoms with van der Waals surface area (Å²) in [6.07, 6.45) is 1.46. The number of rotatable bonds is 4. The van der Waals surface area contributed by atoms with E-state index >= 15 is 0 Å². The van der Waals surface area contributed by atoms with Crippen LogP contribution in [-0.2, 0) is 0 Å². The van der Waals surface area contributed by atoms with Crippen LogP contribution in [0.25, 0.3) is 0 Å². The molecule has 3 rings (SSSR count). The van der Waals surface area contributed by atoms with Crippen molar-refractivity contribution in [2.24, 2.45) is 0 Å². The Bertz CT molecular complexity index is 689. The summed E-state index contributed by atoms with van der Waals surface area (Å²) in [7, 11) is 0. The molecule has 2 aromatic rings. The largest absolute Gasteiger partial charge is 0.507 e. The Morgan fingerprint density at radius 3 is 3.00 bits per heavy atom. The van der Waals surface area contributed by atoms with Gasteiger partial charge in [0.05, 0.1) is 11.7 Å². The van der Waals surface area contributed by atoms with Crippen LogP contribution < -0.4 is 0 Å². The number of aliphatic hydroxyl groups is 1. The van der Waals surface area contributed by atoms with E-state index in [2.05, 4.69) is 0 Å². The average Bonchev–Trinajstić information content (AvgIpc) is 3.20. The molecule has 2 N–H and O–H groups in total. The highest BCUT2D eigenvalue weighted by Crippen LogP contribution is 2.31. The van der Waals surface area contributed by atoms with Crippen molar-refractivity contribution in [3.63, 3.8) is 0 Å². The Morgan fingerprint density at radius 2 is 2.26 bits per heavy atom. The van der Waals surface area contributed by atoms with Crippen molar-refractivity contribution in [1.82, 2.24) is 4.90 Å². The van der Waals surface area contributed by atoms with Gasteiger partial charge in [0.15, 0.2) is 0 Å². The minimum absolute atomic E-state index is 0.0255. The molecule has 1 fully saturated rings. The lowest BCUT2D eigenvalue weighted by Gasteiger charge is -2.26. The van der Waals surface area contributed by atoms with Gasteiger partial charge in [-0.25, -0.2) is 4.39 Å². The maximum Gasteiger partial charge on any atom is 0.257 e. The van der Waals surface area contributed by atoms with Gasteiger partial charge in [0, 0.05) is 17.5 Å². The van der Waals surface area contributed by atoms with Gasteiger partial charge in [-0.3, -0.25) is 4.79 Å². The number of halogens is 1. The van der Waals surface area contributed by atoms with Crippen LogP contribution in [0.1, 0.15) is 40.6 Å². The number of nitrogens with zero attached hydrogens (tertiary/aromatic N) is 1. The van der Waals surface area contributed by atoms with Crippen molar-refractivity contribution < 1.29 is 19.4 Å². The third-order valence-corrected chi connectivity index (χ3v) is 5.17. The number of phenolic OH excluding ortho intramolecular Hbond substituents is 1. The smallest absolute Gasteiger partial charge is 0.257 e. The van der Waals surface area contributed by atoms with Crippen LogP contribution >= 0.6 is 11.3 Å². The van der Waals surface area contributed by atoms with Gasteiger partial charge in [-0.2, -0.15) is 0 Å². The molecule has 1 saturated heterocycles. The second-order valence-electron chi connectivity index (χ2n) is 5.72. The monoisotopic (exact) mass is 335 g/mol. The van der Waals surface area contributed by atoms with Crippen LogP contribution in [0.3, 0.4) is 0 Å². The number of hydrogen-bond donors (Lipinski definition) is 2. The number of likely N-dealkylation sites (tertiary alicyclic amines) is 1. The first-order valence-electron chi connectivity index (χ1n) is 7.57. The zero-order valence-electron chi connectivity index (χ0n) is 12.5. The standard InChI is InChI=1S/C17H18FNO3S/c18-11-5-6-14(20)13(9-11)17(22)19-7-1-3-12(19)10-15(21)16-4-2-8-23-16/h2,4-6,8-9,12,15,20-21H,1,3,7,10H2. The molecule has 6 heteroatoms. The summed E-state index contributed by atoms with van der Waals surface area (Å²) >= 11 is 1.48. The van der Waals surface area contributed by atoms with Crippen LogP contribution in [0, 0.1) is 5.82 Å². The summed E-state index contributed by atoms with van der Waals surface area (Å²) in [5.41, 5.74) is -0.0255. The zero-order valence-corrected chi connectivity index (χ0v) is 13.3. The summed E-state index contributed by atoms with van der Waals surface area (Å²) in [4.78, 5) is 15.1. The Hall–Kier alpha value is -1.92. The van der Waals surface area contributed by atoms with Crippen LogP contribution in [0.15, 0.2) is 35.7 Å². The van der Waals surface area contributed by atoms with Gasteiger partial charge in [0.25, 0.3) is 5.91 Å². The Balaban J connectivity index is 1.76. The molecular formula is C17H18FNO3S. The molecule has 4 nitrogen and oxygen atoms in total. The van der Waals surface area contributed by atoms with E-state index in [0.717, 1.165) is 29.9 Å². The van der Waals surface area contributed by atoms with Gasteiger partial charge in [-0.15, -0.1) is 11.3 Å². The molecule has 1 amide bonds. The normalized spacial score (nSPS) is 19.0. The predicted molar refractivity (Wildman–Crippen MR) is 86.0 cm³/mol. The fourth-order valence-corrected chi connectivity index (χ4v) is 3.76. The molecule has 1 aliphatic rings. The van der Waals surface area contributed by atoms with Crippen LogP contribution in [-0.4, -0.2) is 33.6 Å². The Kier molecular flexibility index (Phi) is 4.63. The third kappa shape index (κ3) is 3.38. The number of hydrogen-bond acceptors (Lipinski definition) is 4. The highest BCUT2D eigenvalue weighted by Gasteiger charge is 2.32. The molecule has 0 spiro atoms. The first kappa shape index (κ1) is 16.0. The number of phenols is 1. The fraction of sp³-hybridized carbons (Fsp3) is 0.353. The molecule has 0 bridgehead atoms. The van der Waals surface area contributed by atoms with E-state index in [4.69, 9.17) is 0 Å². The number of carbonyl (C=O) groups excluding carboxylic acids is 1. The maximum absolute atomic E-state index is 13.4. The second kappa shape index (κ2) is 6.68. The number of carbonyl (C=O) groups is 1. The molecule has 2 heterocycles. The minimum Gasteiger partial charge on any atom is -0.507 e. The van der Waals surface area contributed by atoms with Crippen molar-refractivity contribution in [2.45, 2.75) is 31.4 Å². The minimum atomic E-state index is -0.616. The van der Waals surface area contributed by atoms with E-state index in [0.29, 0.717) is 13.0 Å². The quantitative estimate of drug-likeness (QED) is 0.901. The van der Waals surface area contributed by atoms with Gasteiger partial charge in [0.1, 0.15) is 11.6 Å². The summed E-state index contributed by atoms with van der Waals surface area (Å²) in [5.74, 6) is -1.16. The first-order chi connectivity index (χ1) is 11.1. The fourth-order valence-electron chi connectivity index (χ4n) is 3.04. The van der Waals surface area contributed by atoms with Gasteiger partial charge in [-0.05, 0) is 48.9 Å². The number of benzene rings is 1. The van der Waals surface area contributed by atoms with E-state index < -0.39 is 11.9 Å². The lowest BCUT2D eigenvalue weighted by atomic mass is 10.0. The molecule has 2 unspecified atom stereocenters. The van der Waals surface area contributed by atoms with Crippen LogP contribution in [0.4, 0.5) is 4.39 Å². The SMILES string of the molecule is O=C(c1cc(F)ccc1O)N1CCCC1CC(O)c1cccs1. The lowest BCUT2D eigenvalue weighted by Crippen LogP contribution is -2.36. The Morgan fingerprint density at radius 1 is 1.43 bits per heavy atom. The molecule has 2 atom stereocenters. The number of thiophene rings is 1. The van der Waals surface area contributed by atoms with Crippen LogP contribution in [0.5, 0.6) is 5.75 Å². The number of aromatic hydroxyl groups is 1. The molecule has 0 radical (unpaired) electrons. The van der Waals surface area contributed by atoms with Crippen molar-refractivity contribution in [3.05, 3.63) is 52.0 Å². The molecule has 122 valence electrons. The Labute approximate surface area is 137 Å². The van der Waals surface area contributed by atoms with Crippen molar-refractivity contribution in [3.8, 4) is 5.75 Å². The summed E-state index contributed by atoms with van der Waals surface area (Å²) in [6.45, 7) is 0.552. The van der Waals surface area contributed by atoms with Gasteiger partial charge in [0.2, 0.25) is 0 Å². The molecule has 23 heavy (non-hydrogen) atoms. The predicted octanol–water partition coefficient (Wildman–Crippen LogP) is 3.32. The molecule has 0 saturated carbocycles. The van der Waals surface area contributed by atoms with E-state index in [-0.39, 0.29) is 23.3 Å². The van der Waals surface area contributed by atoms with E-state index in [9.17, 15) is 19.4 Å². The summed E-state index contributed by atoms with van der Waals surface area (Å²) in [5, 5.41) is 22.0. The molecule has 1 aromatic heterocycles. The van der Waals surface area contributed by atoms with Crippen molar-refractivity contribution >= 4 is 17.2 Å². The maximum atomic E-state index is 13.4. The number of aliphatic hydroxyl groups excluding tert-OH is 1.